The molecule has 0 unspecified atom stereocenters. The first kappa shape index (κ1) is 16.9. The number of nitro benzene ring substituents is 1. The molecule has 0 aliphatic rings. The lowest BCUT2D eigenvalue weighted by Gasteiger charge is -2.17. The highest BCUT2D eigenvalue weighted by molar-refractivity contribution is 6.00. The van der Waals surface area contributed by atoms with Crippen LogP contribution in [0, 0.1) is 10.1 Å². The van der Waals surface area contributed by atoms with Crippen molar-refractivity contribution in [2.45, 2.75) is 13.3 Å². The first-order valence-corrected chi connectivity index (χ1v) is 8.91. The van der Waals surface area contributed by atoms with Crippen LogP contribution in [-0.2, 0) is 6.42 Å². The van der Waals surface area contributed by atoms with Gasteiger partial charge in [0.15, 0.2) is 0 Å². The first-order valence-electron chi connectivity index (χ1n) is 8.91. The molecule has 0 bridgehead atoms. The van der Waals surface area contributed by atoms with Crippen LogP contribution in [0.1, 0.15) is 12.5 Å². The molecular weight excluding hydrogens is 336 g/mol. The van der Waals surface area contributed by atoms with Gasteiger partial charge in [0.25, 0.3) is 5.69 Å². The third-order valence-electron chi connectivity index (χ3n) is 4.74. The number of non-ortho nitro benzene ring substituents is 1. The van der Waals surface area contributed by atoms with Crippen molar-refractivity contribution in [1.29, 1.82) is 0 Å². The van der Waals surface area contributed by atoms with Crippen LogP contribution in [0.4, 0.5) is 5.69 Å². The van der Waals surface area contributed by atoms with E-state index in [9.17, 15) is 10.1 Å². The second-order valence-electron chi connectivity index (χ2n) is 6.36. The van der Waals surface area contributed by atoms with E-state index >= 15 is 0 Å². The lowest BCUT2D eigenvalue weighted by atomic mass is 9.90. The molecule has 4 heteroatoms. The number of benzene rings is 3. The highest BCUT2D eigenvalue weighted by Gasteiger charge is 2.18. The molecule has 1 heterocycles. The van der Waals surface area contributed by atoms with Crippen LogP contribution in [0.25, 0.3) is 33.3 Å². The average molecular weight is 354 g/mol. The van der Waals surface area contributed by atoms with E-state index in [0.29, 0.717) is 0 Å². The summed E-state index contributed by atoms with van der Waals surface area (Å²) in [7, 11) is 0. The fourth-order valence-corrected chi connectivity index (χ4v) is 3.52. The molecule has 0 aliphatic heterocycles. The number of nitro groups is 1. The number of pyridine rings is 1. The second kappa shape index (κ2) is 7.00. The molecule has 132 valence electrons. The van der Waals surface area contributed by atoms with Gasteiger partial charge in [0.2, 0.25) is 0 Å². The van der Waals surface area contributed by atoms with Crippen molar-refractivity contribution in [3.8, 4) is 22.4 Å². The minimum Gasteiger partial charge on any atom is -0.258 e. The Hall–Kier alpha value is -3.53. The zero-order valence-corrected chi connectivity index (χ0v) is 14.9. The van der Waals surface area contributed by atoms with Crippen molar-refractivity contribution in [3.05, 3.63) is 94.5 Å². The minimum absolute atomic E-state index is 0.0796. The van der Waals surface area contributed by atoms with E-state index in [1.807, 2.05) is 60.7 Å². The van der Waals surface area contributed by atoms with Crippen molar-refractivity contribution < 1.29 is 4.92 Å². The highest BCUT2D eigenvalue weighted by Crippen LogP contribution is 2.38. The Balaban J connectivity index is 2.13. The minimum atomic E-state index is -0.356. The van der Waals surface area contributed by atoms with Crippen LogP contribution in [0.5, 0.6) is 0 Å². The van der Waals surface area contributed by atoms with Crippen molar-refractivity contribution in [2.75, 3.05) is 0 Å². The van der Waals surface area contributed by atoms with E-state index in [4.69, 9.17) is 4.98 Å². The molecule has 0 spiro atoms. The van der Waals surface area contributed by atoms with Gasteiger partial charge in [-0.2, -0.15) is 0 Å². The standard InChI is InChI=1S/C23H18N2O2/c1-2-19-22(16-9-5-3-6-10-16)20-15-18(25(26)27)13-14-21(20)24-23(19)17-11-7-4-8-12-17/h3-15H,2H2,1H3. The third-order valence-corrected chi connectivity index (χ3v) is 4.74. The van der Waals surface area contributed by atoms with Crippen molar-refractivity contribution >= 4 is 16.6 Å². The molecular formula is C23H18N2O2. The van der Waals surface area contributed by atoms with Gasteiger partial charge in [-0.1, -0.05) is 67.6 Å². The lowest BCUT2D eigenvalue weighted by molar-refractivity contribution is -0.384. The van der Waals surface area contributed by atoms with Gasteiger partial charge in [-0.05, 0) is 29.2 Å². The van der Waals surface area contributed by atoms with Gasteiger partial charge >= 0.3 is 0 Å². The molecule has 27 heavy (non-hydrogen) atoms. The van der Waals surface area contributed by atoms with Gasteiger partial charge < -0.3 is 0 Å². The summed E-state index contributed by atoms with van der Waals surface area (Å²) in [5, 5.41) is 12.1. The third kappa shape index (κ3) is 3.06. The Kier molecular flexibility index (Phi) is 4.38. The molecule has 4 nitrogen and oxygen atoms in total. The summed E-state index contributed by atoms with van der Waals surface area (Å²) in [5.41, 5.74) is 5.97. The number of rotatable bonds is 4. The van der Waals surface area contributed by atoms with Gasteiger partial charge in [0, 0.05) is 23.1 Å². The van der Waals surface area contributed by atoms with Crippen LogP contribution in [0.3, 0.4) is 0 Å². The Morgan fingerprint density at radius 2 is 1.52 bits per heavy atom. The number of nitrogens with zero attached hydrogens (tertiary/aromatic N) is 2. The van der Waals surface area contributed by atoms with E-state index in [0.717, 1.165) is 45.3 Å². The molecule has 4 aromatic rings. The molecule has 0 radical (unpaired) electrons. The van der Waals surface area contributed by atoms with Crippen LogP contribution in [-0.4, -0.2) is 9.91 Å². The van der Waals surface area contributed by atoms with Crippen molar-refractivity contribution in [2.24, 2.45) is 0 Å². The molecule has 0 fully saturated rings. The Labute approximate surface area is 157 Å². The van der Waals surface area contributed by atoms with Gasteiger partial charge in [-0.25, -0.2) is 4.98 Å². The van der Waals surface area contributed by atoms with Crippen LogP contribution >= 0.6 is 0 Å². The maximum atomic E-state index is 11.3. The smallest absolute Gasteiger partial charge is 0.258 e. The molecule has 0 atom stereocenters. The zero-order chi connectivity index (χ0) is 18.8. The average Bonchev–Trinajstić information content (AvgIpc) is 2.73. The molecule has 0 aliphatic carbocycles. The van der Waals surface area contributed by atoms with Gasteiger partial charge in [-0.15, -0.1) is 0 Å². The molecule has 0 saturated carbocycles. The van der Waals surface area contributed by atoms with Crippen LogP contribution < -0.4 is 0 Å². The Morgan fingerprint density at radius 1 is 0.889 bits per heavy atom. The predicted octanol–water partition coefficient (Wildman–Crippen LogP) is 6.04. The van der Waals surface area contributed by atoms with Gasteiger partial charge in [0.1, 0.15) is 0 Å². The molecule has 0 amide bonds. The number of hydrogen-bond acceptors (Lipinski definition) is 3. The number of fused-ring (bicyclic) bond motifs is 1. The summed E-state index contributed by atoms with van der Waals surface area (Å²) in [6, 6.07) is 25.0. The SMILES string of the molecule is CCc1c(-c2ccccc2)nc2ccc([N+](=O)[O-])cc2c1-c1ccccc1. The Bertz CT molecular complexity index is 1120. The van der Waals surface area contributed by atoms with E-state index in [1.165, 1.54) is 6.07 Å². The summed E-state index contributed by atoms with van der Waals surface area (Å²) in [6.45, 7) is 2.10. The molecule has 0 N–H and O–H groups in total. The summed E-state index contributed by atoms with van der Waals surface area (Å²) in [4.78, 5) is 15.8. The monoisotopic (exact) mass is 354 g/mol. The van der Waals surface area contributed by atoms with Gasteiger partial charge in [0.05, 0.1) is 16.1 Å². The summed E-state index contributed by atoms with van der Waals surface area (Å²) in [5.74, 6) is 0. The lowest BCUT2D eigenvalue weighted by Crippen LogP contribution is -1.99. The van der Waals surface area contributed by atoms with Crippen molar-refractivity contribution in [3.63, 3.8) is 0 Å². The second-order valence-corrected chi connectivity index (χ2v) is 6.36. The normalized spacial score (nSPS) is 10.9. The van der Waals surface area contributed by atoms with Crippen LogP contribution in [0.15, 0.2) is 78.9 Å². The van der Waals surface area contributed by atoms with E-state index in [-0.39, 0.29) is 10.6 Å². The predicted molar refractivity (Wildman–Crippen MR) is 109 cm³/mol. The maximum Gasteiger partial charge on any atom is 0.270 e. The van der Waals surface area contributed by atoms with Crippen LogP contribution in [0.2, 0.25) is 0 Å². The van der Waals surface area contributed by atoms with E-state index in [2.05, 4.69) is 6.92 Å². The van der Waals surface area contributed by atoms with Crippen molar-refractivity contribution in [1.82, 2.24) is 4.98 Å². The molecule has 3 aromatic carbocycles. The number of aromatic nitrogens is 1. The Morgan fingerprint density at radius 3 is 2.11 bits per heavy atom. The quantitative estimate of drug-likeness (QED) is 0.332. The zero-order valence-electron chi connectivity index (χ0n) is 14.9. The largest absolute Gasteiger partial charge is 0.270 e. The summed E-state index contributed by atoms with van der Waals surface area (Å²) >= 11 is 0. The highest BCUT2D eigenvalue weighted by atomic mass is 16.6. The topological polar surface area (TPSA) is 56.0 Å². The fourth-order valence-electron chi connectivity index (χ4n) is 3.52. The van der Waals surface area contributed by atoms with E-state index < -0.39 is 0 Å². The number of hydrogen-bond donors (Lipinski definition) is 0. The summed E-state index contributed by atoms with van der Waals surface area (Å²) in [6.07, 6.45) is 0.778. The molecule has 1 aromatic heterocycles. The van der Waals surface area contributed by atoms with Gasteiger partial charge in [-0.3, -0.25) is 10.1 Å². The van der Waals surface area contributed by atoms with E-state index in [1.54, 1.807) is 12.1 Å². The maximum absolute atomic E-state index is 11.3. The first-order chi connectivity index (χ1) is 13.2. The summed E-state index contributed by atoms with van der Waals surface area (Å²) < 4.78 is 0. The molecule has 4 rings (SSSR count). The molecule has 0 saturated heterocycles. The fraction of sp³-hybridized carbons (Fsp3) is 0.0870.